The summed E-state index contributed by atoms with van der Waals surface area (Å²) in [5.41, 5.74) is 6.11. The number of nitrogens with zero attached hydrogens (tertiary/aromatic N) is 1. The van der Waals surface area contributed by atoms with Gasteiger partial charge in [-0.25, -0.2) is 0 Å². The van der Waals surface area contributed by atoms with Gasteiger partial charge in [0.25, 0.3) is 0 Å². The minimum Gasteiger partial charge on any atom is -0.458 e. The molecule has 1 unspecified atom stereocenters. The normalized spacial score (nSPS) is 12.5. The Morgan fingerprint density at radius 3 is 2.90 bits per heavy atom. The highest BCUT2D eigenvalue weighted by molar-refractivity contribution is 14.1. The van der Waals surface area contributed by atoms with E-state index in [1.165, 1.54) is 6.26 Å². The Morgan fingerprint density at radius 2 is 2.50 bits per heavy atom. The summed E-state index contributed by atoms with van der Waals surface area (Å²) < 4.78 is 5.69. The fourth-order valence-electron chi connectivity index (χ4n) is 0.561. The van der Waals surface area contributed by atoms with Crippen LogP contribution in [0.2, 0.25) is 0 Å². The van der Waals surface area contributed by atoms with Crippen molar-refractivity contribution in [2.24, 2.45) is 5.73 Å². The Labute approximate surface area is 71.9 Å². The van der Waals surface area contributed by atoms with Gasteiger partial charge in [-0.05, 0) is 28.7 Å². The summed E-state index contributed by atoms with van der Waals surface area (Å²) in [6.07, 6.45) is 1.50. The van der Waals surface area contributed by atoms with Gasteiger partial charge < -0.3 is 10.2 Å². The molecule has 0 spiro atoms. The maximum atomic E-state index is 8.38. The largest absolute Gasteiger partial charge is 0.458 e. The standard InChI is InChI=1S/C6H5IN2O/c7-6-1-4(3-10-6)5(9)2-8/h1,3,5H,9H2. The summed E-state index contributed by atoms with van der Waals surface area (Å²) in [5, 5.41) is 8.38. The molecule has 0 saturated heterocycles. The Morgan fingerprint density at radius 1 is 1.80 bits per heavy atom. The molecule has 2 N–H and O–H groups in total. The van der Waals surface area contributed by atoms with Crippen molar-refractivity contribution < 1.29 is 4.42 Å². The van der Waals surface area contributed by atoms with Crippen LogP contribution in [-0.4, -0.2) is 0 Å². The molecule has 0 radical (unpaired) electrons. The number of furan rings is 1. The third-order valence-corrected chi connectivity index (χ3v) is 1.65. The molecule has 1 atom stereocenters. The second-order valence-corrected chi connectivity index (χ2v) is 2.85. The lowest BCUT2D eigenvalue weighted by Gasteiger charge is -1.92. The van der Waals surface area contributed by atoms with E-state index in [2.05, 4.69) is 0 Å². The first-order valence-corrected chi connectivity index (χ1v) is 3.71. The summed E-state index contributed by atoms with van der Waals surface area (Å²) in [6, 6.07) is 3.09. The lowest BCUT2D eigenvalue weighted by atomic mass is 10.2. The van der Waals surface area contributed by atoms with Gasteiger partial charge in [0.15, 0.2) is 3.77 Å². The van der Waals surface area contributed by atoms with Gasteiger partial charge >= 0.3 is 0 Å². The van der Waals surface area contributed by atoms with E-state index in [-0.39, 0.29) is 0 Å². The fourth-order valence-corrected chi connectivity index (χ4v) is 1.05. The van der Waals surface area contributed by atoms with Gasteiger partial charge in [0.2, 0.25) is 0 Å². The lowest BCUT2D eigenvalue weighted by molar-refractivity contribution is 0.534. The summed E-state index contributed by atoms with van der Waals surface area (Å²) in [7, 11) is 0. The van der Waals surface area contributed by atoms with Crippen LogP contribution in [0.1, 0.15) is 11.6 Å². The molecule has 0 aromatic carbocycles. The van der Waals surface area contributed by atoms with E-state index < -0.39 is 6.04 Å². The van der Waals surface area contributed by atoms with E-state index >= 15 is 0 Å². The molecule has 3 nitrogen and oxygen atoms in total. The molecule has 1 aromatic rings. The van der Waals surface area contributed by atoms with Gasteiger partial charge in [-0.3, -0.25) is 0 Å². The van der Waals surface area contributed by atoms with Crippen molar-refractivity contribution in [1.82, 2.24) is 0 Å². The van der Waals surface area contributed by atoms with Crippen LogP contribution >= 0.6 is 22.6 Å². The van der Waals surface area contributed by atoms with Gasteiger partial charge in [0.05, 0.1) is 12.3 Å². The van der Waals surface area contributed by atoms with E-state index in [1.54, 1.807) is 6.07 Å². The second kappa shape index (κ2) is 3.03. The first kappa shape index (κ1) is 7.57. The number of nitriles is 1. The minimum absolute atomic E-state index is 0.563. The summed E-state index contributed by atoms with van der Waals surface area (Å²) in [4.78, 5) is 0. The van der Waals surface area contributed by atoms with Gasteiger partial charge in [0, 0.05) is 5.56 Å². The monoisotopic (exact) mass is 248 g/mol. The predicted octanol–water partition coefficient (Wildman–Crippen LogP) is 1.41. The first-order valence-electron chi connectivity index (χ1n) is 2.63. The van der Waals surface area contributed by atoms with Crippen LogP contribution in [0, 0.1) is 15.1 Å². The Hall–Kier alpha value is -0.540. The van der Waals surface area contributed by atoms with Crippen LogP contribution in [0.25, 0.3) is 0 Å². The zero-order valence-corrected chi connectivity index (χ0v) is 7.20. The fraction of sp³-hybridized carbons (Fsp3) is 0.167. The number of nitrogens with two attached hydrogens (primary N) is 1. The van der Waals surface area contributed by atoms with Crippen LogP contribution in [-0.2, 0) is 0 Å². The van der Waals surface area contributed by atoms with E-state index in [0.29, 0.717) is 0 Å². The smallest absolute Gasteiger partial charge is 0.163 e. The van der Waals surface area contributed by atoms with E-state index in [1.807, 2.05) is 28.7 Å². The van der Waals surface area contributed by atoms with Gasteiger partial charge in [-0.1, -0.05) is 0 Å². The number of hydrogen-bond donors (Lipinski definition) is 1. The molecule has 1 aromatic heterocycles. The van der Waals surface area contributed by atoms with Crippen LogP contribution in [0.15, 0.2) is 16.7 Å². The molecule has 0 bridgehead atoms. The average Bonchev–Trinajstić information content (AvgIpc) is 2.34. The highest BCUT2D eigenvalue weighted by Crippen LogP contribution is 2.14. The molecule has 4 heteroatoms. The highest BCUT2D eigenvalue weighted by atomic mass is 127. The minimum atomic E-state index is -0.563. The third kappa shape index (κ3) is 1.49. The van der Waals surface area contributed by atoms with Gasteiger partial charge in [-0.15, -0.1) is 0 Å². The SMILES string of the molecule is N#CC(N)c1coc(I)c1. The average molecular weight is 248 g/mol. The molecular formula is C6H5IN2O. The molecule has 0 fully saturated rings. The van der Waals surface area contributed by atoms with E-state index in [4.69, 9.17) is 15.4 Å². The van der Waals surface area contributed by atoms with Gasteiger partial charge in [0.1, 0.15) is 6.04 Å². The molecule has 1 heterocycles. The third-order valence-electron chi connectivity index (χ3n) is 1.09. The summed E-state index contributed by atoms with van der Waals surface area (Å²) in [6.45, 7) is 0. The molecule has 0 amide bonds. The predicted molar refractivity (Wildman–Crippen MR) is 44.0 cm³/mol. The molecule has 0 saturated carbocycles. The second-order valence-electron chi connectivity index (χ2n) is 1.79. The Bertz CT molecular complexity index is 263. The van der Waals surface area contributed by atoms with Crippen molar-refractivity contribution in [3.05, 3.63) is 21.7 Å². The van der Waals surface area contributed by atoms with Crippen LogP contribution in [0.4, 0.5) is 0 Å². The van der Waals surface area contributed by atoms with E-state index in [0.717, 1.165) is 9.33 Å². The molecule has 0 aliphatic rings. The number of rotatable bonds is 1. The Kier molecular flexibility index (Phi) is 2.29. The van der Waals surface area contributed by atoms with E-state index in [9.17, 15) is 0 Å². The maximum Gasteiger partial charge on any atom is 0.163 e. The van der Waals surface area contributed by atoms with Crippen molar-refractivity contribution in [1.29, 1.82) is 5.26 Å². The van der Waals surface area contributed by atoms with Gasteiger partial charge in [-0.2, -0.15) is 5.26 Å². The summed E-state index contributed by atoms with van der Waals surface area (Å²) in [5.74, 6) is 0. The lowest BCUT2D eigenvalue weighted by Crippen LogP contribution is -2.05. The van der Waals surface area contributed by atoms with Crippen LogP contribution < -0.4 is 5.73 Å². The zero-order chi connectivity index (χ0) is 7.56. The number of hydrogen-bond acceptors (Lipinski definition) is 3. The molecule has 0 aliphatic carbocycles. The van der Waals surface area contributed by atoms with Crippen molar-refractivity contribution >= 4 is 22.6 Å². The topological polar surface area (TPSA) is 63.0 Å². The Balaban J connectivity index is 2.87. The summed E-state index contributed by atoms with van der Waals surface area (Å²) >= 11 is 2.02. The molecular weight excluding hydrogens is 243 g/mol. The maximum absolute atomic E-state index is 8.38. The van der Waals surface area contributed by atoms with Crippen molar-refractivity contribution in [3.8, 4) is 6.07 Å². The van der Waals surface area contributed by atoms with Crippen molar-refractivity contribution in [3.63, 3.8) is 0 Å². The van der Waals surface area contributed by atoms with Crippen molar-refractivity contribution in [2.45, 2.75) is 6.04 Å². The van der Waals surface area contributed by atoms with Crippen LogP contribution in [0.5, 0.6) is 0 Å². The van der Waals surface area contributed by atoms with Crippen LogP contribution in [0.3, 0.4) is 0 Å². The highest BCUT2D eigenvalue weighted by Gasteiger charge is 2.06. The van der Waals surface area contributed by atoms with Crippen molar-refractivity contribution in [2.75, 3.05) is 0 Å². The zero-order valence-electron chi connectivity index (χ0n) is 5.04. The molecule has 0 aliphatic heterocycles. The molecule has 1 rings (SSSR count). The molecule has 10 heavy (non-hydrogen) atoms. The number of halogens is 1. The quantitative estimate of drug-likeness (QED) is 0.764. The first-order chi connectivity index (χ1) is 4.74. The molecule has 52 valence electrons.